The van der Waals surface area contributed by atoms with E-state index in [1.165, 1.54) is 16.6 Å². The molecule has 1 aromatic rings. The number of hydrogen-bond donors (Lipinski definition) is 4. The molecule has 2 aliphatic heterocycles. The number of nitrogens with two attached hydrogens (primary N) is 1. The van der Waals surface area contributed by atoms with E-state index < -0.39 is 5.60 Å². The van der Waals surface area contributed by atoms with Gasteiger partial charge in [0.1, 0.15) is 11.7 Å². The second kappa shape index (κ2) is 11.3. The van der Waals surface area contributed by atoms with Gasteiger partial charge < -0.3 is 30.2 Å². The summed E-state index contributed by atoms with van der Waals surface area (Å²) < 4.78 is 12.9. The summed E-state index contributed by atoms with van der Waals surface area (Å²) in [7, 11) is 0. The van der Waals surface area contributed by atoms with Crippen molar-refractivity contribution in [1.82, 2.24) is 9.88 Å². The van der Waals surface area contributed by atoms with Gasteiger partial charge in [0.25, 0.3) is 0 Å². The summed E-state index contributed by atoms with van der Waals surface area (Å²) in [5.74, 6) is 0.0513. The number of nitrogens with zero attached hydrogens (tertiary/aromatic N) is 1. The van der Waals surface area contributed by atoms with Crippen LogP contribution in [0.3, 0.4) is 0 Å². The van der Waals surface area contributed by atoms with Crippen LogP contribution in [-0.2, 0) is 25.9 Å². The number of rotatable bonds is 15. The van der Waals surface area contributed by atoms with Crippen molar-refractivity contribution in [2.24, 2.45) is 5.73 Å². The van der Waals surface area contributed by atoms with Gasteiger partial charge in [0.05, 0.1) is 17.7 Å². The summed E-state index contributed by atoms with van der Waals surface area (Å²) in [5.41, 5.74) is 5.93. The first-order chi connectivity index (χ1) is 15.0. The number of unbranched alkanes of at least 4 members (excludes halogenated alkanes) is 4. The molecule has 0 radical (unpaired) electrons. The normalized spacial score (nSPS) is 21.0. The average Bonchev–Trinajstić information content (AvgIpc) is 3.40. The third kappa shape index (κ3) is 5.39. The van der Waals surface area contributed by atoms with Crippen LogP contribution in [0.1, 0.15) is 68.6 Å². The number of amides is 1. The smallest absolute Gasteiger partial charge is 0.220 e. The lowest BCUT2D eigenvalue weighted by Gasteiger charge is -2.24. The molecule has 8 nitrogen and oxygen atoms in total. The summed E-state index contributed by atoms with van der Waals surface area (Å²) >= 11 is 1.39. The Kier molecular flexibility index (Phi) is 8.71. The van der Waals surface area contributed by atoms with Gasteiger partial charge >= 0.3 is 0 Å². The monoisotopic (exact) mass is 453 g/mol. The van der Waals surface area contributed by atoms with E-state index in [1.54, 1.807) is 0 Å². The first kappa shape index (κ1) is 24.0. The number of aromatic hydroxyl groups is 2. The molecule has 9 heteroatoms. The zero-order chi connectivity index (χ0) is 22.3. The molecule has 0 fully saturated rings. The van der Waals surface area contributed by atoms with E-state index in [0.717, 1.165) is 45.1 Å². The highest BCUT2D eigenvalue weighted by atomic mass is 32.2. The van der Waals surface area contributed by atoms with Gasteiger partial charge in [-0.2, -0.15) is 0 Å². The van der Waals surface area contributed by atoms with E-state index in [0.29, 0.717) is 37.2 Å². The fraction of sp³-hybridized carbons (Fsp3) is 0.682. The number of carbonyl (C=O) groups is 1. The molecule has 2 aliphatic rings. The minimum Gasteiger partial charge on any atom is -0.494 e. The van der Waals surface area contributed by atoms with Crippen LogP contribution in [0.2, 0.25) is 0 Å². The van der Waals surface area contributed by atoms with Crippen LogP contribution in [0.5, 0.6) is 11.8 Å². The molecule has 1 amide bonds. The van der Waals surface area contributed by atoms with Crippen LogP contribution in [0.15, 0.2) is 12.2 Å². The fourth-order valence-electron chi connectivity index (χ4n) is 4.38. The van der Waals surface area contributed by atoms with E-state index in [2.05, 4.69) is 5.32 Å². The number of aromatic nitrogens is 1. The summed E-state index contributed by atoms with van der Waals surface area (Å²) in [4.78, 5) is 12.3. The molecule has 174 valence electrons. The third-order valence-corrected chi connectivity index (χ3v) is 6.39. The molecule has 2 atom stereocenters. The molecule has 3 rings (SSSR count). The Labute approximate surface area is 188 Å². The number of ether oxygens (including phenoxy) is 1. The molecule has 5 N–H and O–H groups in total. The number of fused-ring (bicyclic) bond motifs is 5. The van der Waals surface area contributed by atoms with Crippen molar-refractivity contribution in [3.05, 3.63) is 23.3 Å². The summed E-state index contributed by atoms with van der Waals surface area (Å²) in [5, 5.41) is 24.4. The second-order valence-electron chi connectivity index (χ2n) is 8.12. The van der Waals surface area contributed by atoms with Crippen molar-refractivity contribution < 1.29 is 23.9 Å². The molecule has 0 spiro atoms. The molecular weight excluding hydrogens is 418 g/mol. The molecule has 3 heterocycles. The molecule has 0 aromatic carbocycles. The van der Waals surface area contributed by atoms with Gasteiger partial charge in [-0.25, -0.2) is 0 Å². The first-order valence-corrected chi connectivity index (χ1v) is 12.3. The lowest BCUT2D eigenvalue weighted by atomic mass is 9.86. The highest BCUT2D eigenvalue weighted by Crippen LogP contribution is 2.59. The molecular formula is C22H35N3O5S. The zero-order valence-corrected chi connectivity index (χ0v) is 19.1. The van der Waals surface area contributed by atoms with Crippen LogP contribution >= 0.6 is 12.0 Å². The molecule has 31 heavy (non-hydrogen) atoms. The van der Waals surface area contributed by atoms with Crippen LogP contribution in [-0.4, -0.2) is 46.6 Å². The van der Waals surface area contributed by atoms with Crippen LogP contribution in [0.4, 0.5) is 0 Å². The van der Waals surface area contributed by atoms with Crippen LogP contribution in [0, 0.1) is 0 Å². The zero-order valence-electron chi connectivity index (χ0n) is 18.3. The highest BCUT2D eigenvalue weighted by Gasteiger charge is 2.52. The Bertz CT molecular complexity index is 782. The van der Waals surface area contributed by atoms with Gasteiger partial charge in [-0.05, 0) is 56.8 Å². The van der Waals surface area contributed by atoms with Gasteiger partial charge in [0.2, 0.25) is 17.7 Å². The van der Waals surface area contributed by atoms with Crippen molar-refractivity contribution in [3.8, 4) is 11.8 Å². The number of nitrogens with one attached hydrogen (secondary N) is 1. The first-order valence-electron chi connectivity index (χ1n) is 11.2. The number of hydrogen-bond acceptors (Lipinski definition) is 7. The topological polar surface area (TPSA) is 119 Å². The predicted octanol–water partition coefficient (Wildman–Crippen LogP) is 3.23. The van der Waals surface area contributed by atoms with Crippen molar-refractivity contribution >= 4 is 17.9 Å². The summed E-state index contributed by atoms with van der Waals surface area (Å²) in [6, 6.07) is 0. The van der Waals surface area contributed by atoms with Crippen molar-refractivity contribution in [2.75, 3.05) is 26.0 Å². The standard InChI is InChI=1S/C22H35N3O5S/c1-31-29-15-7-3-2-5-13-24-17(26)9-11-22-10-8-16(30-22)18-19(22)21(28)25(20(18)27)14-6-4-12-23/h8,10,16,27-28H,2-7,9,11-15,23H2,1H3,(H,24,26). The molecule has 0 saturated carbocycles. The van der Waals surface area contributed by atoms with Crippen molar-refractivity contribution in [2.45, 2.75) is 69.6 Å². The lowest BCUT2D eigenvalue weighted by molar-refractivity contribution is -0.122. The van der Waals surface area contributed by atoms with E-state index >= 15 is 0 Å². The Morgan fingerprint density at radius 2 is 2.06 bits per heavy atom. The quantitative estimate of drug-likeness (QED) is 0.183. The van der Waals surface area contributed by atoms with Crippen LogP contribution < -0.4 is 11.1 Å². The van der Waals surface area contributed by atoms with Crippen LogP contribution in [0.25, 0.3) is 0 Å². The van der Waals surface area contributed by atoms with Gasteiger partial charge in [-0.15, -0.1) is 0 Å². The Balaban J connectivity index is 1.49. The van der Waals surface area contributed by atoms with E-state index in [1.807, 2.05) is 18.4 Å². The Morgan fingerprint density at radius 1 is 1.26 bits per heavy atom. The van der Waals surface area contributed by atoms with E-state index in [4.69, 9.17) is 14.7 Å². The fourth-order valence-corrected chi connectivity index (χ4v) is 4.66. The summed E-state index contributed by atoms with van der Waals surface area (Å²) in [6.45, 7) is 2.49. The maximum Gasteiger partial charge on any atom is 0.220 e. The maximum absolute atomic E-state index is 12.3. The molecule has 1 aromatic heterocycles. The molecule has 2 unspecified atom stereocenters. The second-order valence-corrected chi connectivity index (χ2v) is 8.69. The molecule has 0 aliphatic carbocycles. The van der Waals surface area contributed by atoms with Gasteiger partial charge in [0, 0.05) is 25.8 Å². The van der Waals surface area contributed by atoms with E-state index in [9.17, 15) is 15.0 Å². The average molecular weight is 454 g/mol. The largest absolute Gasteiger partial charge is 0.494 e. The molecule has 2 bridgehead atoms. The molecule has 0 saturated heterocycles. The summed E-state index contributed by atoms with van der Waals surface area (Å²) in [6.07, 6.45) is 11.8. The van der Waals surface area contributed by atoms with Crippen molar-refractivity contribution in [1.29, 1.82) is 0 Å². The minimum absolute atomic E-state index is 0.0277. The highest BCUT2D eigenvalue weighted by molar-refractivity contribution is 7.93. The maximum atomic E-state index is 12.3. The SMILES string of the molecule is CSOCCCCCCNC(=O)CCC12C=CC(O1)c1c2c(O)n(CCCCN)c1O. The van der Waals surface area contributed by atoms with Gasteiger partial charge in [0.15, 0.2) is 0 Å². The Hall–Kier alpha value is -1.68. The van der Waals surface area contributed by atoms with Gasteiger partial charge in [-0.3, -0.25) is 9.36 Å². The van der Waals surface area contributed by atoms with Gasteiger partial charge in [-0.1, -0.05) is 18.9 Å². The third-order valence-electron chi connectivity index (χ3n) is 5.98. The lowest BCUT2D eigenvalue weighted by Crippen LogP contribution is -2.28. The van der Waals surface area contributed by atoms with E-state index in [-0.39, 0.29) is 30.2 Å². The predicted molar refractivity (Wildman–Crippen MR) is 121 cm³/mol. The number of carbonyl (C=O) groups excluding carboxylic acids is 1. The Morgan fingerprint density at radius 3 is 2.84 bits per heavy atom. The minimum atomic E-state index is -0.852. The van der Waals surface area contributed by atoms with Crippen molar-refractivity contribution in [3.63, 3.8) is 0 Å².